The second kappa shape index (κ2) is 4.26. The van der Waals surface area contributed by atoms with Crippen molar-refractivity contribution in [1.82, 2.24) is 4.98 Å². The maximum absolute atomic E-state index is 4.34. The Hall–Kier alpha value is -2.16. The molecule has 0 spiro atoms. The van der Waals surface area contributed by atoms with Gasteiger partial charge in [0.1, 0.15) is 5.82 Å². The Morgan fingerprint density at radius 2 is 2.06 bits per heavy atom. The largest absolute Gasteiger partial charge is 0.373 e. The molecule has 1 aliphatic heterocycles. The SMILES string of the molecule is CNc1cc2cc(C3=CN=C(C)C3)ccc2cn1. The molecule has 0 saturated carbocycles. The van der Waals surface area contributed by atoms with Gasteiger partial charge in [0.05, 0.1) is 0 Å². The van der Waals surface area contributed by atoms with Crippen molar-refractivity contribution in [3.8, 4) is 0 Å². The summed E-state index contributed by atoms with van der Waals surface area (Å²) in [4.78, 5) is 8.65. The summed E-state index contributed by atoms with van der Waals surface area (Å²) in [6.07, 6.45) is 4.82. The van der Waals surface area contributed by atoms with Gasteiger partial charge in [0.2, 0.25) is 0 Å². The highest BCUT2D eigenvalue weighted by molar-refractivity contribution is 5.98. The normalized spacial score (nSPS) is 14.6. The van der Waals surface area contributed by atoms with E-state index in [0.29, 0.717) is 0 Å². The van der Waals surface area contributed by atoms with Crippen molar-refractivity contribution >= 4 is 27.9 Å². The Morgan fingerprint density at radius 1 is 1.17 bits per heavy atom. The predicted molar refractivity (Wildman–Crippen MR) is 77.0 cm³/mol. The van der Waals surface area contributed by atoms with Crippen LogP contribution in [0.3, 0.4) is 0 Å². The number of pyridine rings is 1. The van der Waals surface area contributed by atoms with Crippen LogP contribution in [0, 0.1) is 0 Å². The molecular formula is C15H15N3. The van der Waals surface area contributed by atoms with Crippen LogP contribution in [0.25, 0.3) is 16.3 Å². The molecule has 2 aromatic rings. The number of rotatable bonds is 2. The molecule has 90 valence electrons. The number of hydrogen-bond acceptors (Lipinski definition) is 3. The smallest absolute Gasteiger partial charge is 0.126 e. The van der Waals surface area contributed by atoms with Gasteiger partial charge in [-0.05, 0) is 35.6 Å². The lowest BCUT2D eigenvalue weighted by Crippen LogP contribution is -1.92. The van der Waals surface area contributed by atoms with Crippen LogP contribution >= 0.6 is 0 Å². The maximum Gasteiger partial charge on any atom is 0.126 e. The molecule has 3 heteroatoms. The molecule has 1 aromatic heterocycles. The van der Waals surface area contributed by atoms with E-state index in [1.807, 2.05) is 19.4 Å². The van der Waals surface area contributed by atoms with Gasteiger partial charge in [-0.25, -0.2) is 4.98 Å². The zero-order valence-corrected chi connectivity index (χ0v) is 10.6. The zero-order chi connectivity index (χ0) is 12.5. The Kier molecular flexibility index (Phi) is 2.59. The summed E-state index contributed by atoms with van der Waals surface area (Å²) in [6.45, 7) is 2.06. The third-order valence-corrected chi connectivity index (χ3v) is 3.24. The molecule has 1 aromatic carbocycles. The number of nitrogens with zero attached hydrogens (tertiary/aromatic N) is 2. The third-order valence-electron chi connectivity index (χ3n) is 3.24. The molecule has 18 heavy (non-hydrogen) atoms. The van der Waals surface area contributed by atoms with Gasteiger partial charge in [0.25, 0.3) is 0 Å². The third kappa shape index (κ3) is 1.88. The van der Waals surface area contributed by atoms with E-state index in [1.165, 1.54) is 22.2 Å². The molecular weight excluding hydrogens is 222 g/mol. The summed E-state index contributed by atoms with van der Waals surface area (Å²) in [5.74, 6) is 0.896. The summed E-state index contributed by atoms with van der Waals surface area (Å²) in [5.41, 5.74) is 3.71. The lowest BCUT2D eigenvalue weighted by Gasteiger charge is -2.06. The van der Waals surface area contributed by atoms with E-state index in [9.17, 15) is 0 Å². The molecule has 3 nitrogen and oxygen atoms in total. The highest BCUT2D eigenvalue weighted by atomic mass is 14.9. The average Bonchev–Trinajstić information content (AvgIpc) is 2.84. The first-order valence-electron chi connectivity index (χ1n) is 6.06. The van der Waals surface area contributed by atoms with Crippen LogP contribution in [0.2, 0.25) is 0 Å². The highest BCUT2D eigenvalue weighted by Gasteiger charge is 2.09. The number of allylic oxidation sites excluding steroid dienone is 1. The molecule has 0 radical (unpaired) electrons. The fourth-order valence-electron chi connectivity index (χ4n) is 2.21. The number of anilines is 1. The van der Waals surface area contributed by atoms with Gasteiger partial charge in [-0.3, -0.25) is 4.99 Å². The van der Waals surface area contributed by atoms with Gasteiger partial charge in [0.15, 0.2) is 0 Å². The number of nitrogens with one attached hydrogen (secondary N) is 1. The van der Waals surface area contributed by atoms with Crippen LogP contribution in [0.5, 0.6) is 0 Å². The highest BCUT2D eigenvalue weighted by Crippen LogP contribution is 2.27. The summed E-state index contributed by atoms with van der Waals surface area (Å²) in [5, 5.41) is 5.43. The van der Waals surface area contributed by atoms with Crippen molar-refractivity contribution in [3.63, 3.8) is 0 Å². The van der Waals surface area contributed by atoms with Crippen LogP contribution < -0.4 is 5.32 Å². The van der Waals surface area contributed by atoms with Gasteiger partial charge < -0.3 is 5.32 Å². The predicted octanol–water partition coefficient (Wildman–Crippen LogP) is 3.48. The molecule has 1 N–H and O–H groups in total. The molecule has 0 saturated heterocycles. The first kappa shape index (κ1) is 11.0. The quantitative estimate of drug-likeness (QED) is 0.868. The van der Waals surface area contributed by atoms with Crippen molar-refractivity contribution in [1.29, 1.82) is 0 Å². The molecule has 0 bridgehead atoms. The van der Waals surface area contributed by atoms with Crippen molar-refractivity contribution in [3.05, 3.63) is 42.2 Å². The van der Waals surface area contributed by atoms with E-state index in [-0.39, 0.29) is 0 Å². The van der Waals surface area contributed by atoms with E-state index in [4.69, 9.17) is 0 Å². The standard InChI is InChI=1S/C15H15N3/c1-10-5-14(9-17-10)11-3-4-12-8-18-15(16-2)7-13(12)6-11/h3-4,6-9H,5H2,1-2H3,(H,16,18). The van der Waals surface area contributed by atoms with E-state index in [0.717, 1.165) is 17.6 Å². The lowest BCUT2D eigenvalue weighted by atomic mass is 10.0. The topological polar surface area (TPSA) is 37.3 Å². The van der Waals surface area contributed by atoms with Gasteiger partial charge in [-0.15, -0.1) is 0 Å². The summed E-state index contributed by atoms with van der Waals surface area (Å²) < 4.78 is 0. The van der Waals surface area contributed by atoms with Crippen molar-refractivity contribution in [2.45, 2.75) is 13.3 Å². The minimum atomic E-state index is 0.896. The Morgan fingerprint density at radius 3 is 2.78 bits per heavy atom. The van der Waals surface area contributed by atoms with E-state index in [2.05, 4.69) is 46.5 Å². The van der Waals surface area contributed by atoms with Crippen LogP contribution in [0.4, 0.5) is 5.82 Å². The van der Waals surface area contributed by atoms with Crippen LogP contribution in [0.1, 0.15) is 18.9 Å². The maximum atomic E-state index is 4.34. The van der Waals surface area contributed by atoms with Gasteiger partial charge in [-0.2, -0.15) is 0 Å². The number of aliphatic imine (C=N–C) groups is 1. The second-order valence-electron chi connectivity index (χ2n) is 4.58. The van der Waals surface area contributed by atoms with E-state index in [1.54, 1.807) is 0 Å². The average molecular weight is 237 g/mol. The van der Waals surface area contributed by atoms with Crippen LogP contribution in [-0.4, -0.2) is 17.7 Å². The summed E-state index contributed by atoms with van der Waals surface area (Å²) in [7, 11) is 1.88. The molecule has 1 aliphatic rings. The minimum Gasteiger partial charge on any atom is -0.373 e. The first-order chi connectivity index (χ1) is 8.76. The molecule has 0 aliphatic carbocycles. The van der Waals surface area contributed by atoms with E-state index >= 15 is 0 Å². The number of aromatic nitrogens is 1. The Bertz CT molecular complexity index is 668. The summed E-state index contributed by atoms with van der Waals surface area (Å²) >= 11 is 0. The molecule has 0 atom stereocenters. The van der Waals surface area contributed by atoms with Gasteiger partial charge in [0, 0.05) is 37.0 Å². The summed E-state index contributed by atoms with van der Waals surface area (Å²) in [6, 6.07) is 8.54. The van der Waals surface area contributed by atoms with Crippen molar-refractivity contribution < 1.29 is 0 Å². The van der Waals surface area contributed by atoms with Gasteiger partial charge >= 0.3 is 0 Å². The monoisotopic (exact) mass is 237 g/mol. The lowest BCUT2D eigenvalue weighted by molar-refractivity contribution is 1.31. The molecule has 0 fully saturated rings. The van der Waals surface area contributed by atoms with Crippen LogP contribution in [0.15, 0.2) is 41.7 Å². The zero-order valence-electron chi connectivity index (χ0n) is 10.6. The second-order valence-corrected chi connectivity index (χ2v) is 4.58. The molecule has 3 rings (SSSR count). The molecule has 2 heterocycles. The van der Waals surface area contributed by atoms with Crippen LogP contribution in [-0.2, 0) is 0 Å². The van der Waals surface area contributed by atoms with Crippen molar-refractivity contribution in [2.75, 3.05) is 12.4 Å². The fraction of sp³-hybridized carbons (Fsp3) is 0.200. The minimum absolute atomic E-state index is 0.896. The number of hydrogen-bond donors (Lipinski definition) is 1. The number of benzene rings is 1. The van der Waals surface area contributed by atoms with Gasteiger partial charge in [-0.1, -0.05) is 12.1 Å². The number of fused-ring (bicyclic) bond motifs is 1. The molecule has 0 unspecified atom stereocenters. The Labute approximate surface area is 106 Å². The Balaban J connectivity index is 2.05. The fourth-order valence-corrected chi connectivity index (χ4v) is 2.21. The first-order valence-corrected chi connectivity index (χ1v) is 6.06. The van der Waals surface area contributed by atoms with Crippen molar-refractivity contribution in [2.24, 2.45) is 4.99 Å². The molecule has 0 amide bonds. The van der Waals surface area contributed by atoms with E-state index < -0.39 is 0 Å².